The van der Waals surface area contributed by atoms with Gasteiger partial charge in [-0.1, -0.05) is 0 Å². The van der Waals surface area contributed by atoms with Crippen LogP contribution in [0.1, 0.15) is 1.43 Å². The minimum Gasteiger partial charge on any atom is -1.00 e. The van der Waals surface area contributed by atoms with Gasteiger partial charge in [0, 0.05) is 19.5 Å². The van der Waals surface area contributed by atoms with Crippen LogP contribution >= 0.6 is 12.4 Å². The molecule has 0 saturated heterocycles. The first kappa shape index (κ1) is 22.4. The zero-order valence-electron chi connectivity index (χ0n) is 5.23. The zero-order valence-corrected chi connectivity index (χ0v) is 12.0. The van der Waals surface area contributed by atoms with E-state index in [9.17, 15) is 0 Å². The summed E-state index contributed by atoms with van der Waals surface area (Å²) in [7, 11) is -4.67. The van der Waals surface area contributed by atoms with Gasteiger partial charge < -0.3 is 1.43 Å². The summed E-state index contributed by atoms with van der Waals surface area (Å²) >= 11 is 0. The maximum absolute atomic E-state index is 8.74. The molecule has 0 heterocycles. The molecule has 0 aromatic heterocycles. The van der Waals surface area contributed by atoms with Gasteiger partial charge in [0.15, 0.2) is 0 Å². The summed E-state index contributed by atoms with van der Waals surface area (Å²) in [5.41, 5.74) is 0. The number of hydrogen-bond acceptors (Lipinski definition) is 2. The summed E-state index contributed by atoms with van der Waals surface area (Å²) in [5, 5.41) is 0. The van der Waals surface area contributed by atoms with Crippen molar-refractivity contribution >= 4 is 22.8 Å². The normalized spacial score (nSPS) is 7.25. The van der Waals surface area contributed by atoms with Crippen molar-refractivity contribution in [1.29, 1.82) is 0 Å². The molecular weight excluding hydrogens is 236 g/mol. The first-order valence-corrected chi connectivity index (χ1v) is 2.10. The van der Waals surface area contributed by atoms with Crippen LogP contribution in [0.3, 0.4) is 0 Å². The monoisotopic (exact) mass is 238 g/mol. The average molecular weight is 240 g/mol. The summed E-state index contributed by atoms with van der Waals surface area (Å²) in [6.07, 6.45) is 0. The van der Waals surface area contributed by atoms with Gasteiger partial charge in [-0.05, 0) is 0 Å². The van der Waals surface area contributed by atoms with E-state index in [4.69, 9.17) is 17.5 Å². The number of rotatable bonds is 0. The molecule has 0 aliphatic rings. The second kappa shape index (κ2) is 9.42. The molecule has 0 aromatic rings. The molecule has 8 heteroatoms. The summed E-state index contributed by atoms with van der Waals surface area (Å²) in [6, 6.07) is 0. The molecule has 0 aliphatic carbocycles. The van der Waals surface area contributed by atoms with E-state index >= 15 is 0 Å². The maximum atomic E-state index is 8.74. The Morgan fingerprint density at radius 2 is 1.25 bits per heavy atom. The van der Waals surface area contributed by atoms with Crippen LogP contribution in [0.25, 0.3) is 0 Å². The standard InChI is InChI=1S/ClH.K.H2O4S.Zn.H/c;;1-5(2,3)4;;/h1H;;(H2,1,2,3,4);;/q;+1;;;-1. The molecule has 0 unspecified atom stereocenters. The first-order valence-electron chi connectivity index (χ1n) is 0.698. The fourth-order valence-corrected chi connectivity index (χ4v) is 0. The van der Waals surface area contributed by atoms with Crippen molar-refractivity contribution in [3.05, 3.63) is 0 Å². The molecule has 0 aliphatic heterocycles. The van der Waals surface area contributed by atoms with Crippen molar-refractivity contribution in [2.45, 2.75) is 0 Å². The third-order valence-electron chi connectivity index (χ3n) is 0. The molecule has 0 bridgehead atoms. The Kier molecular flexibility index (Phi) is 26.4. The van der Waals surface area contributed by atoms with Crippen LogP contribution in [-0.4, -0.2) is 17.5 Å². The van der Waals surface area contributed by atoms with Crippen LogP contribution in [0.5, 0.6) is 0 Å². The quantitative estimate of drug-likeness (QED) is 0.347. The van der Waals surface area contributed by atoms with Gasteiger partial charge in [0.25, 0.3) is 0 Å². The minimum atomic E-state index is -4.67. The van der Waals surface area contributed by atoms with Gasteiger partial charge in [0.2, 0.25) is 0 Å². The third kappa shape index (κ3) is 79.2. The van der Waals surface area contributed by atoms with Crippen molar-refractivity contribution in [1.82, 2.24) is 0 Å². The topological polar surface area (TPSA) is 74.6 Å². The smallest absolute Gasteiger partial charge is 1.00 e. The van der Waals surface area contributed by atoms with Crippen LogP contribution in [0.2, 0.25) is 0 Å². The largest absolute Gasteiger partial charge is 1.00 e. The molecule has 0 rings (SSSR count). The Hall–Kier alpha value is 2.42. The van der Waals surface area contributed by atoms with E-state index < -0.39 is 10.4 Å². The summed E-state index contributed by atoms with van der Waals surface area (Å²) in [4.78, 5) is 0. The molecule has 0 saturated carbocycles. The second-order valence-electron chi connectivity index (χ2n) is 0.448. The first-order chi connectivity index (χ1) is 2.00. The molecule has 4 nitrogen and oxygen atoms in total. The third-order valence-corrected chi connectivity index (χ3v) is 0. The Morgan fingerprint density at radius 3 is 1.25 bits per heavy atom. The van der Waals surface area contributed by atoms with E-state index in [1.54, 1.807) is 0 Å². The summed E-state index contributed by atoms with van der Waals surface area (Å²) in [5.74, 6) is 0. The van der Waals surface area contributed by atoms with Crippen molar-refractivity contribution in [3.63, 3.8) is 0 Å². The molecule has 0 aromatic carbocycles. The van der Waals surface area contributed by atoms with E-state index in [0.29, 0.717) is 0 Å². The number of halogens is 1. The van der Waals surface area contributed by atoms with Crippen molar-refractivity contribution in [3.8, 4) is 0 Å². The van der Waals surface area contributed by atoms with Gasteiger partial charge in [-0.25, -0.2) is 0 Å². The van der Waals surface area contributed by atoms with Crippen LogP contribution in [-0.2, 0) is 29.9 Å². The summed E-state index contributed by atoms with van der Waals surface area (Å²) < 4.78 is 31.6. The van der Waals surface area contributed by atoms with Gasteiger partial charge in [-0.3, -0.25) is 9.11 Å². The predicted octanol–water partition coefficient (Wildman–Crippen LogP) is -3.12. The van der Waals surface area contributed by atoms with Crippen LogP contribution in [0, 0.1) is 0 Å². The van der Waals surface area contributed by atoms with Crippen LogP contribution < -0.4 is 51.4 Å². The van der Waals surface area contributed by atoms with E-state index in [1.165, 1.54) is 0 Å². The Bertz CT molecular complexity index is 104. The Labute approximate surface area is 110 Å². The van der Waals surface area contributed by atoms with Crippen molar-refractivity contribution in [2.75, 3.05) is 0 Å². The fraction of sp³-hybridized carbons (Fsp3) is 0. The van der Waals surface area contributed by atoms with Crippen LogP contribution in [0.15, 0.2) is 0 Å². The van der Waals surface area contributed by atoms with Crippen molar-refractivity contribution < 1.29 is 89.8 Å². The SMILES string of the molecule is Cl.O=S(=O)(O)O.[H-].[K+].[Zn]. The van der Waals surface area contributed by atoms with Gasteiger partial charge in [0.1, 0.15) is 0 Å². The zero-order chi connectivity index (χ0) is 4.50. The molecule has 2 N–H and O–H groups in total. The van der Waals surface area contributed by atoms with Gasteiger partial charge in [0.05, 0.1) is 0 Å². The van der Waals surface area contributed by atoms with E-state index in [2.05, 4.69) is 0 Å². The maximum Gasteiger partial charge on any atom is 1.00 e. The molecule has 0 radical (unpaired) electrons. The van der Waals surface area contributed by atoms with Crippen LogP contribution in [0.4, 0.5) is 0 Å². The Morgan fingerprint density at radius 1 is 1.25 bits per heavy atom. The van der Waals surface area contributed by atoms with E-state index in [0.717, 1.165) is 0 Å². The number of hydrogen-bond donors (Lipinski definition) is 2. The van der Waals surface area contributed by atoms with Gasteiger partial charge in [-0.2, -0.15) is 8.42 Å². The molecule has 44 valence electrons. The molecule has 0 amide bonds. The predicted molar refractivity (Wildman–Crippen MR) is 22.5 cm³/mol. The van der Waals surface area contributed by atoms with Gasteiger partial charge >= 0.3 is 61.8 Å². The van der Waals surface area contributed by atoms with E-state index in [-0.39, 0.29) is 84.7 Å². The minimum absolute atomic E-state index is 0. The summed E-state index contributed by atoms with van der Waals surface area (Å²) in [6.45, 7) is 0. The van der Waals surface area contributed by atoms with Gasteiger partial charge in [-0.15, -0.1) is 12.4 Å². The molecular formula is H4ClKO4SZn. The second-order valence-corrected chi connectivity index (χ2v) is 1.34. The molecule has 0 spiro atoms. The average Bonchev–Trinajstić information content (AvgIpc) is 0.722. The Balaban J connectivity index is -0.0000000133. The molecule has 0 fully saturated rings. The van der Waals surface area contributed by atoms with Crippen molar-refractivity contribution in [2.24, 2.45) is 0 Å². The molecule has 8 heavy (non-hydrogen) atoms. The molecule has 0 atom stereocenters. The van der Waals surface area contributed by atoms with E-state index in [1.807, 2.05) is 0 Å². The fourth-order valence-electron chi connectivity index (χ4n) is 0.